The van der Waals surface area contributed by atoms with Crippen molar-refractivity contribution in [1.82, 2.24) is 9.78 Å². The number of phenolic OH excluding ortho intramolecular Hbond substituents is 1. The lowest BCUT2D eigenvalue weighted by Gasteiger charge is -2.10. The Morgan fingerprint density at radius 2 is 2.11 bits per heavy atom. The van der Waals surface area contributed by atoms with Gasteiger partial charge in [0.2, 0.25) is 5.88 Å². The van der Waals surface area contributed by atoms with Crippen molar-refractivity contribution in [3.8, 4) is 17.4 Å². The summed E-state index contributed by atoms with van der Waals surface area (Å²) < 4.78 is 7.12. The van der Waals surface area contributed by atoms with Crippen LogP contribution in [-0.2, 0) is 7.05 Å². The zero-order chi connectivity index (χ0) is 14.2. The van der Waals surface area contributed by atoms with Gasteiger partial charge in [-0.1, -0.05) is 6.07 Å². The molecule has 6 heteroatoms. The topological polar surface area (TPSA) is 90.4 Å². The average molecular weight is 261 g/mol. The third-order valence-electron chi connectivity index (χ3n) is 2.88. The predicted molar refractivity (Wildman–Crippen MR) is 69.4 cm³/mol. The summed E-state index contributed by atoms with van der Waals surface area (Å²) in [4.78, 5) is 11.4. The highest BCUT2D eigenvalue weighted by molar-refractivity contribution is 5.96. The van der Waals surface area contributed by atoms with Gasteiger partial charge in [0.05, 0.1) is 5.69 Å². The van der Waals surface area contributed by atoms with Gasteiger partial charge in [-0.15, -0.1) is 0 Å². The maximum atomic E-state index is 11.4. The Balaban J connectivity index is 2.49. The van der Waals surface area contributed by atoms with Gasteiger partial charge in [-0.25, -0.2) is 4.68 Å². The summed E-state index contributed by atoms with van der Waals surface area (Å²) in [6, 6.07) is 4.92. The van der Waals surface area contributed by atoms with Gasteiger partial charge in [0.25, 0.3) is 5.91 Å². The molecular formula is C13H15N3O3. The third-order valence-corrected chi connectivity index (χ3v) is 2.88. The van der Waals surface area contributed by atoms with Crippen LogP contribution >= 0.6 is 0 Å². The summed E-state index contributed by atoms with van der Waals surface area (Å²) in [5.41, 5.74) is 6.65. The quantitative estimate of drug-likeness (QED) is 0.878. The molecule has 0 spiro atoms. The van der Waals surface area contributed by atoms with Gasteiger partial charge in [-0.2, -0.15) is 5.10 Å². The van der Waals surface area contributed by atoms with E-state index >= 15 is 0 Å². The predicted octanol–water partition coefficient (Wildman–Crippen LogP) is 1.63. The van der Waals surface area contributed by atoms with Crippen LogP contribution < -0.4 is 10.5 Å². The van der Waals surface area contributed by atoms with E-state index in [4.69, 9.17) is 10.5 Å². The summed E-state index contributed by atoms with van der Waals surface area (Å²) >= 11 is 0. The fraction of sp³-hybridized carbons (Fsp3) is 0.231. The number of nitrogens with two attached hydrogens (primary N) is 1. The molecule has 0 aliphatic rings. The number of benzene rings is 1. The van der Waals surface area contributed by atoms with Gasteiger partial charge in [0.1, 0.15) is 17.1 Å². The van der Waals surface area contributed by atoms with E-state index in [9.17, 15) is 9.90 Å². The number of aromatic hydroxyl groups is 1. The number of aryl methyl sites for hydroxylation is 2. The first-order valence-electron chi connectivity index (χ1n) is 5.71. The maximum absolute atomic E-state index is 11.4. The Hall–Kier alpha value is -2.50. The lowest BCUT2D eigenvalue weighted by molar-refractivity contribution is 0.0997. The van der Waals surface area contributed by atoms with Crippen LogP contribution in [0.5, 0.6) is 17.4 Å². The molecule has 1 aromatic carbocycles. The summed E-state index contributed by atoms with van der Waals surface area (Å²) in [5, 5.41) is 13.7. The Morgan fingerprint density at radius 3 is 2.74 bits per heavy atom. The van der Waals surface area contributed by atoms with Crippen molar-refractivity contribution in [1.29, 1.82) is 0 Å². The number of amides is 1. The van der Waals surface area contributed by atoms with Crippen molar-refractivity contribution in [3.63, 3.8) is 0 Å². The summed E-state index contributed by atoms with van der Waals surface area (Å²) in [6.45, 7) is 3.40. The van der Waals surface area contributed by atoms with Crippen molar-refractivity contribution < 1.29 is 14.6 Å². The fourth-order valence-electron chi connectivity index (χ4n) is 1.86. The Bertz CT molecular complexity index is 647. The van der Waals surface area contributed by atoms with E-state index in [0.717, 1.165) is 0 Å². The van der Waals surface area contributed by atoms with Gasteiger partial charge in [0, 0.05) is 12.6 Å². The molecule has 2 rings (SSSR count). The number of ether oxygens (including phenoxy) is 1. The fourth-order valence-corrected chi connectivity index (χ4v) is 1.86. The molecule has 1 amide bonds. The highest BCUT2D eigenvalue weighted by Crippen LogP contribution is 2.32. The second kappa shape index (κ2) is 4.64. The van der Waals surface area contributed by atoms with Crippen LogP contribution in [0.3, 0.4) is 0 Å². The normalized spacial score (nSPS) is 10.5. The van der Waals surface area contributed by atoms with Gasteiger partial charge in [-0.3, -0.25) is 4.79 Å². The second-order valence-electron chi connectivity index (χ2n) is 4.26. The Labute approximate surface area is 110 Å². The minimum atomic E-state index is -0.599. The first kappa shape index (κ1) is 12.9. The van der Waals surface area contributed by atoms with E-state index in [1.54, 1.807) is 39.1 Å². The monoisotopic (exact) mass is 261 g/mol. The molecule has 19 heavy (non-hydrogen) atoms. The number of hydrogen-bond acceptors (Lipinski definition) is 4. The maximum Gasteiger partial charge on any atom is 0.256 e. The van der Waals surface area contributed by atoms with E-state index < -0.39 is 5.91 Å². The van der Waals surface area contributed by atoms with Crippen LogP contribution in [0.2, 0.25) is 0 Å². The van der Waals surface area contributed by atoms with Crippen molar-refractivity contribution in [2.75, 3.05) is 0 Å². The van der Waals surface area contributed by atoms with Crippen molar-refractivity contribution in [2.45, 2.75) is 13.8 Å². The standard InChI is InChI=1S/C13H15N3O3/c1-7-9(17)5-4-6-10(7)19-13-11(12(14)18)8(2)15-16(13)3/h4-6,17H,1-3H3,(H2,14,18). The van der Waals surface area contributed by atoms with E-state index in [1.807, 2.05) is 0 Å². The first-order valence-corrected chi connectivity index (χ1v) is 5.71. The van der Waals surface area contributed by atoms with Crippen LogP contribution in [0.1, 0.15) is 21.6 Å². The summed E-state index contributed by atoms with van der Waals surface area (Å²) in [6.07, 6.45) is 0. The zero-order valence-corrected chi connectivity index (χ0v) is 11.0. The minimum Gasteiger partial charge on any atom is -0.508 e. The van der Waals surface area contributed by atoms with Gasteiger partial charge < -0.3 is 15.6 Å². The smallest absolute Gasteiger partial charge is 0.256 e. The lowest BCUT2D eigenvalue weighted by Crippen LogP contribution is -2.13. The minimum absolute atomic E-state index is 0.122. The molecule has 0 saturated heterocycles. The highest BCUT2D eigenvalue weighted by Gasteiger charge is 2.20. The SMILES string of the molecule is Cc1nn(C)c(Oc2cccc(O)c2C)c1C(N)=O. The zero-order valence-electron chi connectivity index (χ0n) is 11.0. The molecule has 0 bridgehead atoms. The number of rotatable bonds is 3. The number of hydrogen-bond donors (Lipinski definition) is 2. The van der Waals surface area contributed by atoms with Crippen LogP contribution in [0, 0.1) is 13.8 Å². The van der Waals surface area contributed by atoms with E-state index in [2.05, 4.69) is 5.10 Å². The Morgan fingerprint density at radius 1 is 1.42 bits per heavy atom. The van der Waals surface area contributed by atoms with Crippen LogP contribution in [0.25, 0.3) is 0 Å². The molecule has 0 saturated carbocycles. The lowest BCUT2D eigenvalue weighted by atomic mass is 10.2. The first-order chi connectivity index (χ1) is 8.91. The van der Waals surface area contributed by atoms with Gasteiger partial charge >= 0.3 is 0 Å². The summed E-state index contributed by atoms with van der Waals surface area (Å²) in [5.74, 6) is 0.236. The molecule has 0 aliphatic carbocycles. The molecule has 100 valence electrons. The van der Waals surface area contributed by atoms with E-state index in [-0.39, 0.29) is 17.2 Å². The molecule has 6 nitrogen and oxygen atoms in total. The molecule has 1 aromatic heterocycles. The number of nitrogens with zero attached hydrogens (tertiary/aromatic N) is 2. The number of primary amides is 1. The van der Waals surface area contributed by atoms with E-state index in [1.165, 1.54) is 4.68 Å². The number of carbonyl (C=O) groups is 1. The molecule has 0 fully saturated rings. The van der Waals surface area contributed by atoms with Crippen LogP contribution in [-0.4, -0.2) is 20.8 Å². The third kappa shape index (κ3) is 2.24. The van der Waals surface area contributed by atoms with Gasteiger partial charge in [-0.05, 0) is 26.0 Å². The number of phenols is 1. The van der Waals surface area contributed by atoms with Crippen molar-refractivity contribution in [2.24, 2.45) is 12.8 Å². The average Bonchev–Trinajstić information content (AvgIpc) is 2.60. The van der Waals surface area contributed by atoms with Gasteiger partial charge in [0.15, 0.2) is 0 Å². The van der Waals surface area contributed by atoms with Crippen molar-refractivity contribution >= 4 is 5.91 Å². The molecule has 0 radical (unpaired) electrons. The molecule has 3 N–H and O–H groups in total. The molecule has 2 aromatic rings. The number of carbonyl (C=O) groups excluding carboxylic acids is 1. The van der Waals surface area contributed by atoms with Crippen molar-refractivity contribution in [3.05, 3.63) is 35.0 Å². The molecule has 0 atom stereocenters. The summed E-state index contributed by atoms with van der Waals surface area (Å²) in [7, 11) is 1.66. The molecule has 0 unspecified atom stereocenters. The number of aromatic nitrogens is 2. The Kier molecular flexibility index (Phi) is 3.16. The van der Waals surface area contributed by atoms with Crippen LogP contribution in [0.4, 0.5) is 0 Å². The van der Waals surface area contributed by atoms with Crippen LogP contribution in [0.15, 0.2) is 18.2 Å². The molecular weight excluding hydrogens is 246 g/mol. The molecule has 1 heterocycles. The van der Waals surface area contributed by atoms with E-state index in [0.29, 0.717) is 17.0 Å². The largest absolute Gasteiger partial charge is 0.508 e. The second-order valence-corrected chi connectivity index (χ2v) is 4.26. The molecule has 0 aliphatic heterocycles. The highest BCUT2D eigenvalue weighted by atomic mass is 16.5.